The average Bonchev–Trinajstić information content (AvgIpc) is 2.86. The van der Waals surface area contributed by atoms with Crippen LogP contribution in [0.5, 0.6) is 0 Å². The van der Waals surface area contributed by atoms with E-state index in [-0.39, 0.29) is 11.9 Å². The molecule has 1 heterocycles. The number of carbonyl (C=O) groups is 2. The summed E-state index contributed by atoms with van der Waals surface area (Å²) in [6.07, 6.45) is 1.72. The Kier molecular flexibility index (Phi) is 5.75. The molecule has 0 aliphatic carbocycles. The molecule has 0 saturated heterocycles. The number of nitrogens with zero attached hydrogens (tertiary/aromatic N) is 2. The summed E-state index contributed by atoms with van der Waals surface area (Å²) in [5.74, 6) is -0.470. The number of hydrogen-bond donors (Lipinski definition) is 1. The molecule has 1 rings (SSSR count). The van der Waals surface area contributed by atoms with Gasteiger partial charge in [0.1, 0.15) is 6.04 Å². The van der Waals surface area contributed by atoms with Crippen molar-refractivity contribution in [2.45, 2.75) is 26.4 Å². The molecular weight excluding hydrogens is 266 g/mol. The third-order valence-corrected chi connectivity index (χ3v) is 3.39. The Labute approximate surface area is 116 Å². The van der Waals surface area contributed by atoms with E-state index in [4.69, 9.17) is 0 Å². The summed E-state index contributed by atoms with van der Waals surface area (Å²) in [6.45, 7) is 4.17. The molecule has 0 saturated carbocycles. The molecule has 106 valence electrons. The van der Waals surface area contributed by atoms with Gasteiger partial charge < -0.3 is 15.0 Å². The molecule has 0 aromatic carbocycles. The molecule has 1 aromatic heterocycles. The predicted octanol–water partition coefficient (Wildman–Crippen LogP) is 1.48. The zero-order valence-corrected chi connectivity index (χ0v) is 12.4. The first-order chi connectivity index (χ1) is 8.95. The molecule has 1 N–H and O–H groups in total. The van der Waals surface area contributed by atoms with E-state index in [0.717, 1.165) is 4.88 Å². The van der Waals surface area contributed by atoms with Gasteiger partial charge in [-0.1, -0.05) is 13.8 Å². The molecular formula is C12H19N3O3S. The van der Waals surface area contributed by atoms with E-state index in [2.05, 4.69) is 15.0 Å². The summed E-state index contributed by atoms with van der Waals surface area (Å²) in [4.78, 5) is 30.0. The van der Waals surface area contributed by atoms with Crippen molar-refractivity contribution in [2.24, 2.45) is 5.92 Å². The number of carbonyl (C=O) groups excluding carboxylic acids is 2. The number of nitrogens with one attached hydrogen (secondary N) is 1. The number of hydrogen-bond acceptors (Lipinski definition) is 5. The van der Waals surface area contributed by atoms with Gasteiger partial charge in [0.25, 0.3) is 0 Å². The van der Waals surface area contributed by atoms with Gasteiger partial charge in [0.2, 0.25) is 0 Å². The van der Waals surface area contributed by atoms with E-state index in [9.17, 15) is 9.59 Å². The van der Waals surface area contributed by atoms with Crippen molar-refractivity contribution in [1.29, 1.82) is 0 Å². The summed E-state index contributed by atoms with van der Waals surface area (Å²) in [5, 5.41) is 2.68. The predicted molar refractivity (Wildman–Crippen MR) is 72.8 cm³/mol. The van der Waals surface area contributed by atoms with Crippen LogP contribution < -0.4 is 5.32 Å². The number of methoxy groups -OCH3 is 1. The van der Waals surface area contributed by atoms with Crippen LogP contribution in [0.25, 0.3) is 0 Å². The van der Waals surface area contributed by atoms with E-state index >= 15 is 0 Å². The first-order valence-electron chi connectivity index (χ1n) is 5.92. The Morgan fingerprint density at radius 2 is 2.21 bits per heavy atom. The van der Waals surface area contributed by atoms with E-state index in [1.165, 1.54) is 23.3 Å². The molecule has 1 atom stereocenters. The van der Waals surface area contributed by atoms with Gasteiger partial charge in [0.15, 0.2) is 0 Å². The molecule has 0 radical (unpaired) electrons. The van der Waals surface area contributed by atoms with Crippen LogP contribution in [0.1, 0.15) is 18.7 Å². The van der Waals surface area contributed by atoms with Gasteiger partial charge in [-0.2, -0.15) is 0 Å². The zero-order valence-electron chi connectivity index (χ0n) is 11.5. The number of esters is 1. The standard InChI is InChI=1S/C12H19N3O3S/c1-8(2)10(11(16)18-4)14-12(17)15(3)6-9-5-13-7-19-9/h5,7-8,10H,6H2,1-4H3,(H,14,17)/t10-/m0/s1. The molecule has 19 heavy (non-hydrogen) atoms. The number of thiazole rings is 1. The van der Waals surface area contributed by atoms with Gasteiger partial charge in [-0.3, -0.25) is 4.98 Å². The Bertz CT molecular complexity index is 420. The lowest BCUT2D eigenvalue weighted by Gasteiger charge is -2.23. The van der Waals surface area contributed by atoms with E-state index in [0.29, 0.717) is 6.54 Å². The minimum Gasteiger partial charge on any atom is -0.467 e. The summed E-state index contributed by atoms with van der Waals surface area (Å²) in [5.41, 5.74) is 1.71. The number of aromatic nitrogens is 1. The van der Waals surface area contributed by atoms with Crippen molar-refractivity contribution in [1.82, 2.24) is 15.2 Å². The largest absolute Gasteiger partial charge is 0.467 e. The van der Waals surface area contributed by atoms with Gasteiger partial charge in [-0.05, 0) is 5.92 Å². The maximum absolute atomic E-state index is 12.0. The maximum atomic E-state index is 12.0. The van der Waals surface area contributed by atoms with Gasteiger partial charge in [-0.25, -0.2) is 9.59 Å². The minimum absolute atomic E-state index is 0.0341. The molecule has 0 aliphatic rings. The summed E-state index contributed by atoms with van der Waals surface area (Å²) >= 11 is 1.48. The van der Waals surface area contributed by atoms with Gasteiger partial charge >= 0.3 is 12.0 Å². The average molecular weight is 285 g/mol. The number of ether oxygens (including phenoxy) is 1. The molecule has 0 aliphatic heterocycles. The molecule has 6 nitrogen and oxygen atoms in total. The van der Waals surface area contributed by atoms with Crippen LogP contribution >= 0.6 is 11.3 Å². The molecule has 0 spiro atoms. The highest BCUT2D eigenvalue weighted by molar-refractivity contribution is 7.09. The molecule has 2 amide bonds. The van der Waals surface area contributed by atoms with Crippen LogP contribution in [0.2, 0.25) is 0 Å². The van der Waals surface area contributed by atoms with Gasteiger partial charge in [0.05, 0.1) is 19.2 Å². The molecule has 7 heteroatoms. The maximum Gasteiger partial charge on any atom is 0.328 e. The number of urea groups is 1. The third kappa shape index (κ3) is 4.51. The topological polar surface area (TPSA) is 71.5 Å². The molecule has 0 unspecified atom stereocenters. The molecule has 0 fully saturated rings. The van der Waals surface area contributed by atoms with Crippen LogP contribution in [-0.2, 0) is 16.1 Å². The third-order valence-electron chi connectivity index (χ3n) is 2.62. The van der Waals surface area contributed by atoms with Gasteiger partial charge in [0, 0.05) is 18.1 Å². The van der Waals surface area contributed by atoms with Crippen molar-refractivity contribution < 1.29 is 14.3 Å². The second-order valence-electron chi connectivity index (χ2n) is 4.52. The van der Waals surface area contributed by atoms with Crippen molar-refractivity contribution in [3.8, 4) is 0 Å². The van der Waals surface area contributed by atoms with Crippen LogP contribution in [-0.4, -0.2) is 42.1 Å². The van der Waals surface area contributed by atoms with Gasteiger partial charge in [-0.15, -0.1) is 11.3 Å². The highest BCUT2D eigenvalue weighted by Gasteiger charge is 2.26. The molecule has 1 aromatic rings. The summed E-state index contributed by atoms with van der Waals surface area (Å²) in [6, 6.07) is -0.945. The summed E-state index contributed by atoms with van der Waals surface area (Å²) < 4.78 is 4.68. The zero-order chi connectivity index (χ0) is 14.4. The normalized spacial score (nSPS) is 12.1. The van der Waals surface area contributed by atoms with Crippen LogP contribution in [0.15, 0.2) is 11.7 Å². The fourth-order valence-electron chi connectivity index (χ4n) is 1.49. The van der Waals surface area contributed by atoms with Crippen molar-refractivity contribution in [2.75, 3.05) is 14.2 Å². The fraction of sp³-hybridized carbons (Fsp3) is 0.583. The van der Waals surface area contributed by atoms with E-state index in [1.807, 2.05) is 13.8 Å². The lowest BCUT2D eigenvalue weighted by molar-refractivity contribution is -0.144. The minimum atomic E-state index is -0.638. The first kappa shape index (κ1) is 15.4. The Morgan fingerprint density at radius 1 is 1.53 bits per heavy atom. The van der Waals surface area contributed by atoms with Crippen LogP contribution in [0.4, 0.5) is 4.79 Å². The Hall–Kier alpha value is -1.63. The quantitative estimate of drug-likeness (QED) is 0.832. The second-order valence-corrected chi connectivity index (χ2v) is 5.49. The first-order valence-corrected chi connectivity index (χ1v) is 6.80. The van der Waals surface area contributed by atoms with E-state index in [1.54, 1.807) is 18.8 Å². The van der Waals surface area contributed by atoms with Crippen molar-refractivity contribution in [3.05, 3.63) is 16.6 Å². The highest BCUT2D eigenvalue weighted by Crippen LogP contribution is 2.09. The Morgan fingerprint density at radius 3 is 2.68 bits per heavy atom. The van der Waals surface area contributed by atoms with E-state index < -0.39 is 12.0 Å². The number of rotatable bonds is 5. The fourth-order valence-corrected chi connectivity index (χ4v) is 2.14. The lowest BCUT2D eigenvalue weighted by Crippen LogP contribution is -2.49. The monoisotopic (exact) mass is 285 g/mol. The molecule has 0 bridgehead atoms. The van der Waals surface area contributed by atoms with Crippen LogP contribution in [0, 0.1) is 5.92 Å². The number of amides is 2. The Balaban J connectivity index is 2.58. The van der Waals surface area contributed by atoms with Crippen molar-refractivity contribution >= 4 is 23.3 Å². The SMILES string of the molecule is COC(=O)[C@@H](NC(=O)N(C)Cc1cncs1)C(C)C. The van der Waals surface area contributed by atoms with Crippen molar-refractivity contribution in [3.63, 3.8) is 0 Å². The lowest BCUT2D eigenvalue weighted by atomic mass is 10.1. The van der Waals surface area contributed by atoms with Crippen LogP contribution in [0.3, 0.4) is 0 Å². The highest BCUT2D eigenvalue weighted by atomic mass is 32.1. The summed E-state index contributed by atoms with van der Waals surface area (Å²) in [7, 11) is 2.98. The smallest absolute Gasteiger partial charge is 0.328 e. The second kappa shape index (κ2) is 7.08.